The van der Waals surface area contributed by atoms with Gasteiger partial charge in [-0.25, -0.2) is 4.79 Å². The van der Waals surface area contributed by atoms with E-state index in [-0.39, 0.29) is 23.0 Å². The van der Waals surface area contributed by atoms with Crippen molar-refractivity contribution < 1.29 is 15.0 Å². The molecule has 9 unspecified atom stereocenters. The number of β-amino-alcohol motifs (C(OH)–C–C–N with tert-alkyl or cyclic N) is 1. The van der Waals surface area contributed by atoms with E-state index in [1.807, 2.05) is 12.1 Å². The predicted molar refractivity (Wildman–Crippen MR) is 176 cm³/mol. The van der Waals surface area contributed by atoms with Gasteiger partial charge >= 0.3 is 5.97 Å². The van der Waals surface area contributed by atoms with Crippen LogP contribution in [-0.2, 0) is 0 Å². The van der Waals surface area contributed by atoms with Gasteiger partial charge in [-0.2, -0.15) is 0 Å². The molecule has 0 aliphatic heterocycles. The van der Waals surface area contributed by atoms with Gasteiger partial charge in [-0.15, -0.1) is 6.58 Å². The lowest BCUT2D eigenvalue weighted by atomic mass is 9.33. The maximum atomic E-state index is 11.5. The van der Waals surface area contributed by atoms with E-state index in [1.165, 1.54) is 68.1 Å². The minimum atomic E-state index is -0.862. The molecule has 9 atom stereocenters. The summed E-state index contributed by atoms with van der Waals surface area (Å²) < 4.78 is 0. The fourth-order valence-electron chi connectivity index (χ4n) is 12.9. The standard InChI is InChI=1S/C39H57NO3/c1-25(2)24-28-14-19-39(40-22-23-41)21-20-37(6)30(33(28)39)12-13-32-36(5)17-15-29(26-8-10-27(11-9-26)34(42)43)35(3,4)31(36)16-18-38(32,37)7/h8-11,15,28,30-33,40-41H,1,12-14,16-24H2,2-7H3,(H,42,43). The average molecular weight is 588 g/mol. The highest BCUT2D eigenvalue weighted by molar-refractivity contribution is 5.88. The van der Waals surface area contributed by atoms with Gasteiger partial charge in [-0.3, -0.25) is 0 Å². The van der Waals surface area contributed by atoms with E-state index in [9.17, 15) is 15.0 Å². The molecule has 0 spiro atoms. The van der Waals surface area contributed by atoms with Crippen LogP contribution in [0.3, 0.4) is 0 Å². The van der Waals surface area contributed by atoms with E-state index < -0.39 is 5.97 Å². The molecule has 1 aromatic rings. The number of carboxylic acid groups (broad SMARTS) is 1. The third-order valence-corrected chi connectivity index (χ3v) is 14.8. The van der Waals surface area contributed by atoms with Gasteiger partial charge in [0, 0.05) is 12.1 Å². The number of carbonyl (C=O) groups is 1. The number of benzene rings is 1. The summed E-state index contributed by atoms with van der Waals surface area (Å²) in [5.41, 5.74) is 5.37. The molecule has 4 fully saturated rings. The summed E-state index contributed by atoms with van der Waals surface area (Å²) in [6, 6.07) is 7.60. The van der Waals surface area contributed by atoms with Gasteiger partial charge < -0.3 is 15.5 Å². The predicted octanol–water partition coefficient (Wildman–Crippen LogP) is 8.76. The normalized spacial score (nSPS) is 43.0. The summed E-state index contributed by atoms with van der Waals surface area (Å²) in [6.45, 7) is 20.5. The molecule has 5 aliphatic rings. The van der Waals surface area contributed by atoms with Gasteiger partial charge in [0.15, 0.2) is 0 Å². The highest BCUT2D eigenvalue weighted by atomic mass is 16.4. The fraction of sp³-hybridized carbons (Fsp3) is 0.718. The fourth-order valence-corrected chi connectivity index (χ4v) is 12.9. The Labute approximate surface area is 260 Å². The molecular weight excluding hydrogens is 530 g/mol. The van der Waals surface area contributed by atoms with E-state index in [2.05, 4.69) is 59.5 Å². The Balaban J connectivity index is 1.34. The van der Waals surface area contributed by atoms with E-state index in [4.69, 9.17) is 0 Å². The first kappa shape index (κ1) is 31.1. The zero-order valence-electron chi connectivity index (χ0n) is 27.8. The molecule has 3 N–H and O–H groups in total. The second kappa shape index (κ2) is 10.6. The number of rotatable bonds is 7. The highest BCUT2D eigenvalue weighted by Gasteiger charge is 2.70. The number of hydrogen-bond donors (Lipinski definition) is 3. The Morgan fingerprint density at radius 1 is 0.930 bits per heavy atom. The number of aromatic carboxylic acids is 1. The van der Waals surface area contributed by atoms with Crippen molar-refractivity contribution in [2.24, 2.45) is 51.2 Å². The lowest BCUT2D eigenvalue weighted by molar-refractivity contribution is -0.220. The molecular formula is C39H57NO3. The lowest BCUT2D eigenvalue weighted by Gasteiger charge is -2.72. The minimum absolute atomic E-state index is 0.0325. The van der Waals surface area contributed by atoms with Crippen LogP contribution in [0.2, 0.25) is 0 Å². The molecule has 4 saturated carbocycles. The molecule has 4 heteroatoms. The summed E-state index contributed by atoms with van der Waals surface area (Å²) in [5.74, 6) is 2.53. The van der Waals surface area contributed by atoms with Gasteiger partial charge in [-0.05, 0) is 146 Å². The third-order valence-electron chi connectivity index (χ3n) is 14.8. The number of aliphatic hydroxyl groups is 1. The van der Waals surface area contributed by atoms with Crippen molar-refractivity contribution >= 4 is 11.5 Å². The minimum Gasteiger partial charge on any atom is -0.478 e. The van der Waals surface area contributed by atoms with Crippen molar-refractivity contribution in [3.05, 3.63) is 53.6 Å². The van der Waals surface area contributed by atoms with Crippen LogP contribution >= 0.6 is 0 Å². The summed E-state index contributed by atoms with van der Waals surface area (Å²) in [6.07, 6.45) is 15.1. The summed E-state index contributed by atoms with van der Waals surface area (Å²) >= 11 is 0. The van der Waals surface area contributed by atoms with Crippen molar-refractivity contribution in [3.8, 4) is 0 Å². The number of hydrogen-bond acceptors (Lipinski definition) is 3. The molecule has 0 aromatic heterocycles. The molecule has 236 valence electrons. The zero-order chi connectivity index (χ0) is 31.0. The van der Waals surface area contributed by atoms with Crippen LogP contribution in [0.15, 0.2) is 42.5 Å². The Bertz CT molecular complexity index is 1300. The second-order valence-corrected chi connectivity index (χ2v) is 16.9. The summed E-state index contributed by atoms with van der Waals surface area (Å²) in [7, 11) is 0. The Hall–Kier alpha value is -1.91. The van der Waals surface area contributed by atoms with E-state index in [1.54, 1.807) is 12.1 Å². The quantitative estimate of drug-likeness (QED) is 0.279. The maximum absolute atomic E-state index is 11.5. The van der Waals surface area contributed by atoms with Crippen LogP contribution < -0.4 is 5.32 Å². The number of nitrogens with one attached hydrogen (secondary N) is 1. The Morgan fingerprint density at radius 3 is 2.30 bits per heavy atom. The van der Waals surface area contributed by atoms with Gasteiger partial charge in [0.25, 0.3) is 0 Å². The summed E-state index contributed by atoms with van der Waals surface area (Å²) in [4.78, 5) is 11.5. The first-order valence-electron chi connectivity index (χ1n) is 17.3. The molecule has 0 radical (unpaired) electrons. The third kappa shape index (κ3) is 4.47. The van der Waals surface area contributed by atoms with Crippen LogP contribution in [-0.4, -0.2) is 34.9 Å². The number of allylic oxidation sites excluding steroid dienone is 3. The zero-order valence-corrected chi connectivity index (χ0v) is 27.8. The number of fused-ring (bicyclic) bond motifs is 7. The van der Waals surface area contributed by atoms with Crippen LogP contribution in [0, 0.1) is 51.2 Å². The molecule has 0 bridgehead atoms. The molecule has 5 aliphatic carbocycles. The first-order valence-corrected chi connectivity index (χ1v) is 17.3. The Morgan fingerprint density at radius 2 is 1.65 bits per heavy atom. The van der Waals surface area contributed by atoms with Gasteiger partial charge in [0.05, 0.1) is 12.2 Å². The number of carboxylic acids is 1. The molecule has 0 amide bonds. The van der Waals surface area contributed by atoms with Crippen molar-refractivity contribution in [1.82, 2.24) is 5.32 Å². The van der Waals surface area contributed by atoms with Crippen molar-refractivity contribution in [2.75, 3.05) is 13.2 Å². The first-order chi connectivity index (χ1) is 20.2. The Kier molecular flexibility index (Phi) is 7.65. The number of aliphatic hydroxyl groups excluding tert-OH is 1. The molecule has 0 saturated heterocycles. The molecule has 4 nitrogen and oxygen atoms in total. The maximum Gasteiger partial charge on any atom is 0.335 e. The topological polar surface area (TPSA) is 69.6 Å². The highest BCUT2D eigenvalue weighted by Crippen LogP contribution is 2.76. The summed E-state index contributed by atoms with van der Waals surface area (Å²) in [5, 5.41) is 23.2. The molecule has 43 heavy (non-hydrogen) atoms. The van der Waals surface area contributed by atoms with Gasteiger partial charge in [0.2, 0.25) is 0 Å². The molecule has 6 rings (SSSR count). The van der Waals surface area contributed by atoms with Crippen molar-refractivity contribution in [1.29, 1.82) is 0 Å². The van der Waals surface area contributed by atoms with E-state index >= 15 is 0 Å². The second-order valence-electron chi connectivity index (χ2n) is 16.9. The van der Waals surface area contributed by atoms with Crippen molar-refractivity contribution in [3.63, 3.8) is 0 Å². The molecule has 0 heterocycles. The van der Waals surface area contributed by atoms with Crippen LogP contribution in [0.25, 0.3) is 5.57 Å². The monoisotopic (exact) mass is 587 g/mol. The van der Waals surface area contributed by atoms with Gasteiger partial charge in [0.1, 0.15) is 0 Å². The van der Waals surface area contributed by atoms with Crippen LogP contribution in [0.1, 0.15) is 122 Å². The van der Waals surface area contributed by atoms with Crippen LogP contribution in [0.5, 0.6) is 0 Å². The largest absolute Gasteiger partial charge is 0.478 e. The van der Waals surface area contributed by atoms with E-state index in [0.717, 1.165) is 18.8 Å². The average Bonchev–Trinajstić information content (AvgIpc) is 3.30. The molecule has 1 aromatic carbocycles. The van der Waals surface area contributed by atoms with E-state index in [0.29, 0.717) is 46.6 Å². The van der Waals surface area contributed by atoms with Gasteiger partial charge in [-0.1, -0.05) is 58.4 Å². The smallest absolute Gasteiger partial charge is 0.335 e. The lowest BCUT2D eigenvalue weighted by Crippen LogP contribution is -2.68. The van der Waals surface area contributed by atoms with Crippen LogP contribution in [0.4, 0.5) is 0 Å². The SMILES string of the molecule is C=C(C)CC1CCC2(NCCO)CCC3(C)C(CCC4C5(C)CC=C(c6ccc(C(=O)O)cc6)C(C)(C)C5CCC43C)C12. The van der Waals surface area contributed by atoms with Crippen molar-refractivity contribution in [2.45, 2.75) is 111 Å².